The van der Waals surface area contributed by atoms with E-state index >= 15 is 0 Å². The summed E-state index contributed by atoms with van der Waals surface area (Å²) in [7, 11) is 1.93. The van der Waals surface area contributed by atoms with Crippen molar-refractivity contribution < 1.29 is 4.79 Å². The molecule has 0 bridgehead atoms. The third kappa shape index (κ3) is 5.04. The van der Waals surface area contributed by atoms with Gasteiger partial charge in [-0.15, -0.1) is 0 Å². The zero-order valence-electron chi connectivity index (χ0n) is 19.8. The molecule has 0 spiro atoms. The van der Waals surface area contributed by atoms with E-state index in [4.69, 9.17) is 0 Å². The van der Waals surface area contributed by atoms with Crippen molar-refractivity contribution in [3.63, 3.8) is 0 Å². The number of rotatable bonds is 7. The lowest BCUT2D eigenvalue weighted by Crippen LogP contribution is -2.48. The number of benzene rings is 3. The van der Waals surface area contributed by atoms with Gasteiger partial charge in [-0.1, -0.05) is 73.7 Å². The first kappa shape index (κ1) is 22.9. The van der Waals surface area contributed by atoms with Crippen LogP contribution in [0.3, 0.4) is 0 Å². The fourth-order valence-electron chi connectivity index (χ4n) is 4.79. The van der Waals surface area contributed by atoms with Crippen LogP contribution in [0.15, 0.2) is 72.8 Å². The minimum atomic E-state index is 0.0275. The minimum absolute atomic E-state index is 0.0275. The van der Waals surface area contributed by atoms with Gasteiger partial charge in [-0.2, -0.15) is 0 Å². The average Bonchev–Trinajstić information content (AvgIpc) is 2.87. The molecule has 4 rings (SSSR count). The minimum Gasteiger partial charge on any atom is -0.385 e. The van der Waals surface area contributed by atoms with E-state index in [9.17, 15) is 4.79 Å². The monoisotopic (exact) mass is 442 g/mol. The Morgan fingerprint density at radius 2 is 1.45 bits per heavy atom. The number of hydrogen-bond donors (Lipinski definition) is 2. The maximum atomic E-state index is 12.1. The highest BCUT2D eigenvalue weighted by atomic mass is 16.1. The molecule has 1 amide bonds. The molecule has 172 valence electrons. The van der Waals surface area contributed by atoms with Gasteiger partial charge in [0.25, 0.3) is 0 Å². The highest BCUT2D eigenvalue weighted by Gasteiger charge is 2.28. The van der Waals surface area contributed by atoms with Crippen molar-refractivity contribution >= 4 is 23.0 Å². The van der Waals surface area contributed by atoms with Gasteiger partial charge in [0, 0.05) is 39.6 Å². The zero-order chi connectivity index (χ0) is 23.2. The van der Waals surface area contributed by atoms with Crippen LogP contribution in [-0.4, -0.2) is 44.0 Å². The van der Waals surface area contributed by atoms with E-state index in [0.29, 0.717) is 6.42 Å². The van der Waals surface area contributed by atoms with E-state index < -0.39 is 0 Å². The first-order valence-electron chi connectivity index (χ1n) is 11.8. The third-order valence-electron chi connectivity index (χ3n) is 6.45. The summed E-state index contributed by atoms with van der Waals surface area (Å²) in [5.41, 5.74) is 6.89. The molecular formula is C28H34N4O. The number of nitrogens with one attached hydrogen (secondary N) is 2. The first-order valence-corrected chi connectivity index (χ1v) is 11.8. The summed E-state index contributed by atoms with van der Waals surface area (Å²) < 4.78 is 0. The largest absolute Gasteiger partial charge is 0.385 e. The van der Waals surface area contributed by atoms with Gasteiger partial charge in [-0.25, -0.2) is 0 Å². The van der Waals surface area contributed by atoms with Gasteiger partial charge in [0.15, 0.2) is 0 Å². The van der Waals surface area contributed by atoms with E-state index in [0.717, 1.165) is 37.6 Å². The number of hydrogen-bond acceptors (Lipinski definition) is 4. The maximum absolute atomic E-state index is 12.1. The molecule has 1 aliphatic heterocycles. The second kappa shape index (κ2) is 10.5. The van der Waals surface area contributed by atoms with Crippen LogP contribution in [0.2, 0.25) is 0 Å². The summed E-state index contributed by atoms with van der Waals surface area (Å²) in [6.45, 7) is 7.79. The van der Waals surface area contributed by atoms with E-state index in [-0.39, 0.29) is 11.9 Å². The molecule has 0 aliphatic carbocycles. The van der Waals surface area contributed by atoms with Crippen LogP contribution in [0.5, 0.6) is 0 Å². The van der Waals surface area contributed by atoms with E-state index in [1.54, 1.807) is 0 Å². The van der Waals surface area contributed by atoms with Gasteiger partial charge in [-0.05, 0) is 29.7 Å². The van der Waals surface area contributed by atoms with Crippen molar-refractivity contribution in [1.82, 2.24) is 4.90 Å². The quantitative estimate of drug-likeness (QED) is 0.521. The van der Waals surface area contributed by atoms with Crippen molar-refractivity contribution in [3.8, 4) is 0 Å². The van der Waals surface area contributed by atoms with Crippen LogP contribution in [0.1, 0.15) is 36.1 Å². The Balaban J connectivity index is 1.58. The van der Waals surface area contributed by atoms with Crippen LogP contribution in [0.25, 0.3) is 0 Å². The fraction of sp³-hybridized carbons (Fsp3) is 0.321. The highest BCUT2D eigenvalue weighted by Crippen LogP contribution is 2.38. The van der Waals surface area contributed by atoms with Gasteiger partial charge in [0.2, 0.25) is 5.91 Å². The number of nitrogens with zero attached hydrogens (tertiary/aromatic N) is 2. The molecule has 1 aliphatic rings. The van der Waals surface area contributed by atoms with Crippen LogP contribution >= 0.6 is 0 Å². The molecule has 5 heteroatoms. The second-order valence-corrected chi connectivity index (χ2v) is 8.55. The Hall–Kier alpha value is -3.31. The lowest BCUT2D eigenvalue weighted by Gasteiger charge is -2.41. The van der Waals surface area contributed by atoms with Crippen LogP contribution in [0, 0.1) is 6.92 Å². The zero-order valence-corrected chi connectivity index (χ0v) is 19.8. The normalized spacial score (nSPS) is 14.4. The molecule has 2 N–H and O–H groups in total. The van der Waals surface area contributed by atoms with Crippen molar-refractivity contribution in [3.05, 3.63) is 89.5 Å². The van der Waals surface area contributed by atoms with Crippen LogP contribution in [-0.2, 0) is 4.79 Å². The van der Waals surface area contributed by atoms with Gasteiger partial charge >= 0.3 is 0 Å². The summed E-state index contributed by atoms with van der Waals surface area (Å²) in [5, 5.41) is 6.40. The van der Waals surface area contributed by atoms with Gasteiger partial charge in [-0.3, -0.25) is 9.69 Å². The molecule has 1 saturated heterocycles. The van der Waals surface area contributed by atoms with E-state index in [1.165, 1.54) is 22.4 Å². The molecule has 1 fully saturated rings. The smallest absolute Gasteiger partial charge is 0.224 e. The van der Waals surface area contributed by atoms with Gasteiger partial charge in [0.05, 0.1) is 23.1 Å². The molecule has 0 aromatic heterocycles. The Morgan fingerprint density at radius 3 is 1.97 bits per heavy atom. The summed E-state index contributed by atoms with van der Waals surface area (Å²) in [4.78, 5) is 17.1. The van der Waals surface area contributed by atoms with Crippen molar-refractivity contribution in [2.75, 3.05) is 48.8 Å². The van der Waals surface area contributed by atoms with Crippen molar-refractivity contribution in [2.24, 2.45) is 0 Å². The van der Waals surface area contributed by atoms with Crippen LogP contribution < -0.4 is 15.5 Å². The standard InChI is InChI=1S/C28H34N4O/c1-4-25(33)30-24-16-15-21(2)27(26(24)29-3)31-17-19-32(20-18-31)28(22-11-7-5-8-12-22)23-13-9-6-10-14-23/h5-16,28-29H,4,17-20H2,1-3H3,(H,30,33). The topological polar surface area (TPSA) is 47.6 Å². The highest BCUT2D eigenvalue weighted by molar-refractivity contribution is 5.97. The maximum Gasteiger partial charge on any atom is 0.224 e. The first-order chi connectivity index (χ1) is 16.1. The molecule has 3 aromatic carbocycles. The van der Waals surface area contributed by atoms with Crippen molar-refractivity contribution in [2.45, 2.75) is 26.3 Å². The SMILES string of the molecule is CCC(=O)Nc1ccc(C)c(N2CCN(C(c3ccccc3)c3ccccc3)CC2)c1NC. The van der Waals surface area contributed by atoms with Crippen LogP contribution in [0.4, 0.5) is 17.1 Å². The predicted molar refractivity (Wildman–Crippen MR) is 138 cm³/mol. The summed E-state index contributed by atoms with van der Waals surface area (Å²) in [6.07, 6.45) is 0.464. The molecule has 0 radical (unpaired) electrons. The summed E-state index contributed by atoms with van der Waals surface area (Å²) in [5.74, 6) is 0.0275. The van der Waals surface area contributed by atoms with Crippen molar-refractivity contribution in [1.29, 1.82) is 0 Å². The van der Waals surface area contributed by atoms with Gasteiger partial charge in [0.1, 0.15) is 0 Å². The van der Waals surface area contributed by atoms with E-state index in [1.807, 2.05) is 20.0 Å². The summed E-state index contributed by atoms with van der Waals surface area (Å²) >= 11 is 0. The Kier molecular flexibility index (Phi) is 7.30. The Morgan fingerprint density at radius 1 is 0.879 bits per heavy atom. The number of anilines is 3. The molecule has 0 saturated carbocycles. The van der Waals surface area contributed by atoms with Gasteiger partial charge < -0.3 is 15.5 Å². The third-order valence-corrected chi connectivity index (χ3v) is 6.45. The number of carbonyl (C=O) groups is 1. The number of piperazine rings is 1. The second-order valence-electron chi connectivity index (χ2n) is 8.55. The Labute approximate surface area is 197 Å². The Bertz CT molecular complexity index is 1020. The molecule has 3 aromatic rings. The summed E-state index contributed by atoms with van der Waals surface area (Å²) in [6, 6.07) is 25.9. The number of aryl methyl sites for hydroxylation is 1. The lowest BCUT2D eigenvalue weighted by molar-refractivity contribution is -0.115. The molecular weight excluding hydrogens is 408 g/mol. The van der Waals surface area contributed by atoms with E-state index in [2.05, 4.69) is 94.1 Å². The molecule has 0 unspecified atom stereocenters. The predicted octanol–water partition coefficient (Wildman–Crippen LogP) is 5.30. The number of carbonyl (C=O) groups excluding carboxylic acids is 1. The average molecular weight is 443 g/mol. The number of amides is 1. The molecule has 5 nitrogen and oxygen atoms in total. The molecule has 1 heterocycles. The lowest BCUT2D eigenvalue weighted by atomic mass is 9.96. The molecule has 33 heavy (non-hydrogen) atoms. The molecule has 0 atom stereocenters. The fourth-order valence-corrected chi connectivity index (χ4v) is 4.79.